The number of nitrogens with two attached hydrogens (primary N) is 1. The van der Waals surface area contributed by atoms with Crippen molar-refractivity contribution in [2.75, 3.05) is 6.54 Å². The van der Waals surface area contributed by atoms with E-state index in [1.165, 1.54) is 6.07 Å². The number of amides is 1. The fourth-order valence-electron chi connectivity index (χ4n) is 1.55. The Morgan fingerprint density at radius 2 is 2.22 bits per heavy atom. The molecule has 0 aliphatic rings. The highest BCUT2D eigenvalue weighted by Gasteiger charge is 2.08. The maximum atomic E-state index is 13.0. The fourth-order valence-corrected chi connectivity index (χ4v) is 1.98. The normalized spacial score (nSPS) is 11.6. The van der Waals surface area contributed by atoms with Crippen molar-refractivity contribution in [3.05, 3.63) is 34.1 Å². The molecule has 6 heteroatoms. The lowest BCUT2D eigenvalue weighted by Gasteiger charge is -2.14. The largest absolute Gasteiger partial charge is 0.353 e. The summed E-state index contributed by atoms with van der Waals surface area (Å²) < 4.78 is 13.5. The summed E-state index contributed by atoms with van der Waals surface area (Å²) in [6.45, 7) is 2.26. The predicted octanol–water partition coefficient (Wildman–Crippen LogP) is 2.41. The van der Waals surface area contributed by atoms with Gasteiger partial charge < -0.3 is 11.1 Å². The molecule has 1 unspecified atom stereocenters. The van der Waals surface area contributed by atoms with Crippen molar-refractivity contribution in [3.63, 3.8) is 0 Å². The van der Waals surface area contributed by atoms with E-state index in [4.69, 9.17) is 5.73 Å². The Balaban J connectivity index is 0.00000289. The first-order valence-corrected chi connectivity index (χ1v) is 6.25. The fraction of sp³-hybridized carbons (Fsp3) is 0.417. The highest BCUT2D eigenvalue weighted by Crippen LogP contribution is 2.17. The van der Waals surface area contributed by atoms with E-state index in [0.717, 1.165) is 5.56 Å². The van der Waals surface area contributed by atoms with Gasteiger partial charge in [0.15, 0.2) is 0 Å². The second-order valence-corrected chi connectivity index (χ2v) is 4.81. The highest BCUT2D eigenvalue weighted by atomic mass is 79.9. The average Bonchev–Trinajstić information content (AvgIpc) is 2.23. The minimum Gasteiger partial charge on any atom is -0.353 e. The van der Waals surface area contributed by atoms with Gasteiger partial charge in [-0.3, -0.25) is 4.79 Å². The van der Waals surface area contributed by atoms with Crippen LogP contribution >= 0.6 is 28.3 Å². The molecule has 0 saturated heterocycles. The third kappa shape index (κ3) is 5.80. The van der Waals surface area contributed by atoms with Crippen LogP contribution in [0.15, 0.2) is 22.7 Å². The van der Waals surface area contributed by atoms with Gasteiger partial charge in [-0.1, -0.05) is 6.07 Å². The van der Waals surface area contributed by atoms with Crippen molar-refractivity contribution < 1.29 is 9.18 Å². The van der Waals surface area contributed by atoms with E-state index in [1.807, 2.05) is 6.92 Å². The lowest BCUT2D eigenvalue weighted by Crippen LogP contribution is -2.35. The number of halogens is 3. The van der Waals surface area contributed by atoms with Crippen molar-refractivity contribution in [3.8, 4) is 0 Å². The van der Waals surface area contributed by atoms with Crippen LogP contribution in [0.4, 0.5) is 4.39 Å². The van der Waals surface area contributed by atoms with Crippen LogP contribution in [0.5, 0.6) is 0 Å². The molecule has 1 atom stereocenters. The third-order valence-electron chi connectivity index (χ3n) is 2.30. The molecule has 0 heterocycles. The zero-order valence-corrected chi connectivity index (χ0v) is 12.5. The zero-order chi connectivity index (χ0) is 12.8. The van der Waals surface area contributed by atoms with Crippen LogP contribution in [0.1, 0.15) is 18.9 Å². The van der Waals surface area contributed by atoms with Gasteiger partial charge in [0.2, 0.25) is 5.91 Å². The quantitative estimate of drug-likeness (QED) is 0.865. The smallest absolute Gasteiger partial charge is 0.221 e. The monoisotopic (exact) mass is 338 g/mol. The summed E-state index contributed by atoms with van der Waals surface area (Å²) in [5.74, 6) is -0.338. The molecule has 0 fully saturated rings. The summed E-state index contributed by atoms with van der Waals surface area (Å²) in [6, 6.07) is 4.85. The first kappa shape index (κ1) is 17.4. The Hall–Kier alpha value is -0.650. The van der Waals surface area contributed by atoms with Crippen molar-refractivity contribution in [2.45, 2.75) is 25.8 Å². The Bertz CT molecular complexity index is 404. The number of hydrogen-bond donors (Lipinski definition) is 2. The highest BCUT2D eigenvalue weighted by molar-refractivity contribution is 9.10. The maximum absolute atomic E-state index is 13.0. The molecule has 0 spiro atoms. The van der Waals surface area contributed by atoms with Gasteiger partial charge in [0.1, 0.15) is 5.82 Å². The van der Waals surface area contributed by atoms with Gasteiger partial charge in [0.05, 0.1) is 4.47 Å². The van der Waals surface area contributed by atoms with E-state index in [2.05, 4.69) is 21.2 Å². The van der Waals surface area contributed by atoms with Gasteiger partial charge in [-0.25, -0.2) is 4.39 Å². The van der Waals surface area contributed by atoms with Gasteiger partial charge in [0.25, 0.3) is 0 Å². The Morgan fingerprint density at radius 1 is 1.56 bits per heavy atom. The number of hydrogen-bond acceptors (Lipinski definition) is 2. The van der Waals surface area contributed by atoms with Crippen LogP contribution in [0.3, 0.4) is 0 Å². The van der Waals surface area contributed by atoms with E-state index < -0.39 is 0 Å². The molecule has 0 aliphatic heterocycles. The second-order valence-electron chi connectivity index (χ2n) is 3.96. The first-order chi connectivity index (χ1) is 8.02. The maximum Gasteiger partial charge on any atom is 0.221 e. The van der Waals surface area contributed by atoms with Gasteiger partial charge in [-0.2, -0.15) is 0 Å². The van der Waals surface area contributed by atoms with Gasteiger partial charge in [-0.15, -0.1) is 12.4 Å². The van der Waals surface area contributed by atoms with E-state index in [0.29, 0.717) is 23.9 Å². The van der Waals surface area contributed by atoms with Crippen LogP contribution < -0.4 is 11.1 Å². The molecule has 0 saturated carbocycles. The lowest BCUT2D eigenvalue weighted by molar-refractivity contribution is -0.121. The number of carbonyl (C=O) groups is 1. The van der Waals surface area contributed by atoms with Crippen molar-refractivity contribution >= 4 is 34.2 Å². The van der Waals surface area contributed by atoms with E-state index in [-0.39, 0.29) is 30.2 Å². The van der Waals surface area contributed by atoms with Gasteiger partial charge in [0, 0.05) is 19.0 Å². The molecule has 102 valence electrons. The van der Waals surface area contributed by atoms with Gasteiger partial charge >= 0.3 is 0 Å². The van der Waals surface area contributed by atoms with Crippen LogP contribution in [-0.2, 0) is 11.2 Å². The molecular weight excluding hydrogens is 322 g/mol. The number of rotatable bonds is 5. The summed E-state index contributed by atoms with van der Waals surface area (Å²) in [6.07, 6.45) is 0.993. The Morgan fingerprint density at radius 3 is 2.78 bits per heavy atom. The average molecular weight is 340 g/mol. The molecule has 1 aromatic rings. The summed E-state index contributed by atoms with van der Waals surface area (Å²) in [5, 5.41) is 2.84. The predicted molar refractivity (Wildman–Crippen MR) is 76.3 cm³/mol. The molecule has 0 bridgehead atoms. The van der Waals surface area contributed by atoms with E-state index >= 15 is 0 Å². The van der Waals surface area contributed by atoms with E-state index in [1.54, 1.807) is 12.1 Å². The topological polar surface area (TPSA) is 55.1 Å². The number of carbonyl (C=O) groups excluding carboxylic acids is 1. The standard InChI is InChI=1S/C12H16BrFN2O.ClH/c1-8(16-12(17)4-5-15)6-9-2-3-11(14)10(13)7-9;/h2-3,7-8H,4-6,15H2,1H3,(H,16,17);1H. The van der Waals surface area contributed by atoms with Crippen LogP contribution in [-0.4, -0.2) is 18.5 Å². The zero-order valence-electron chi connectivity index (χ0n) is 10.1. The molecule has 3 nitrogen and oxygen atoms in total. The number of benzene rings is 1. The van der Waals surface area contributed by atoms with E-state index in [9.17, 15) is 9.18 Å². The van der Waals surface area contributed by atoms with Gasteiger partial charge in [-0.05, 0) is 47.0 Å². The second kappa shape index (κ2) is 8.45. The summed E-state index contributed by atoms with van der Waals surface area (Å²) >= 11 is 3.13. The first-order valence-electron chi connectivity index (χ1n) is 5.46. The molecule has 3 N–H and O–H groups in total. The van der Waals surface area contributed by atoms with Crippen LogP contribution in [0, 0.1) is 5.82 Å². The molecule has 1 rings (SSSR count). The Labute approximate surface area is 121 Å². The molecule has 0 aliphatic carbocycles. The van der Waals surface area contributed by atoms with Crippen LogP contribution in [0.25, 0.3) is 0 Å². The minimum absolute atomic E-state index is 0. The summed E-state index contributed by atoms with van der Waals surface area (Å²) in [4.78, 5) is 11.3. The minimum atomic E-state index is -0.284. The molecule has 1 amide bonds. The molecule has 0 aromatic heterocycles. The SMILES string of the molecule is CC(Cc1ccc(F)c(Br)c1)NC(=O)CCN.Cl. The van der Waals surface area contributed by atoms with Crippen molar-refractivity contribution in [1.82, 2.24) is 5.32 Å². The molecule has 0 radical (unpaired) electrons. The third-order valence-corrected chi connectivity index (χ3v) is 2.91. The molecule has 18 heavy (non-hydrogen) atoms. The lowest BCUT2D eigenvalue weighted by atomic mass is 10.1. The molecule has 1 aromatic carbocycles. The Kier molecular flexibility index (Phi) is 8.15. The number of nitrogens with one attached hydrogen (secondary N) is 1. The summed E-state index contributed by atoms with van der Waals surface area (Å²) in [7, 11) is 0. The summed E-state index contributed by atoms with van der Waals surface area (Å²) in [5.41, 5.74) is 6.26. The van der Waals surface area contributed by atoms with Crippen molar-refractivity contribution in [2.24, 2.45) is 5.73 Å². The van der Waals surface area contributed by atoms with Crippen molar-refractivity contribution in [1.29, 1.82) is 0 Å². The molecular formula is C12H17BrClFN2O. The van der Waals surface area contributed by atoms with Crippen LogP contribution in [0.2, 0.25) is 0 Å².